The van der Waals surface area contributed by atoms with Gasteiger partial charge in [0.2, 0.25) is 5.91 Å². The van der Waals surface area contributed by atoms with E-state index >= 15 is 0 Å². The number of benzene rings is 1. The first-order valence-corrected chi connectivity index (χ1v) is 9.39. The summed E-state index contributed by atoms with van der Waals surface area (Å²) < 4.78 is 1.79. The van der Waals surface area contributed by atoms with Gasteiger partial charge in [0.1, 0.15) is 5.82 Å². The Balaban J connectivity index is 1.59. The van der Waals surface area contributed by atoms with E-state index in [2.05, 4.69) is 32.4 Å². The molecule has 1 aliphatic heterocycles. The van der Waals surface area contributed by atoms with Crippen LogP contribution in [0.2, 0.25) is 0 Å². The van der Waals surface area contributed by atoms with Crippen molar-refractivity contribution >= 4 is 22.5 Å². The fourth-order valence-corrected chi connectivity index (χ4v) is 3.65. The van der Waals surface area contributed by atoms with Crippen LogP contribution in [0.4, 0.5) is 5.82 Å². The van der Waals surface area contributed by atoms with Crippen LogP contribution in [0, 0.1) is 0 Å². The van der Waals surface area contributed by atoms with E-state index in [1.807, 2.05) is 45.4 Å². The zero-order chi connectivity index (χ0) is 19.0. The Morgan fingerprint density at radius 2 is 1.85 bits per heavy atom. The third-order valence-electron chi connectivity index (χ3n) is 5.45. The largest absolute Gasteiger partial charge is 0.309 e. The van der Waals surface area contributed by atoms with Gasteiger partial charge >= 0.3 is 0 Å². The molecule has 140 valence electrons. The SMILES string of the molecule is Cn1cc(-c2ccc3cnc(NC(=O)C(C)(C)N4CCCC4)cc3c2)cn1. The molecular formula is C21H25N5O. The number of likely N-dealkylation sites (tertiary alicyclic amines) is 1. The minimum atomic E-state index is -0.537. The number of amides is 1. The highest BCUT2D eigenvalue weighted by Gasteiger charge is 2.36. The van der Waals surface area contributed by atoms with Crippen LogP contribution in [0.1, 0.15) is 26.7 Å². The van der Waals surface area contributed by atoms with Crippen LogP contribution in [0.15, 0.2) is 42.9 Å². The minimum Gasteiger partial charge on any atom is -0.309 e. The van der Waals surface area contributed by atoms with Gasteiger partial charge in [-0.2, -0.15) is 5.10 Å². The highest BCUT2D eigenvalue weighted by atomic mass is 16.2. The van der Waals surface area contributed by atoms with Gasteiger partial charge in [0.15, 0.2) is 0 Å². The molecule has 1 N–H and O–H groups in total. The first-order valence-electron chi connectivity index (χ1n) is 9.39. The summed E-state index contributed by atoms with van der Waals surface area (Å²) >= 11 is 0. The second kappa shape index (κ2) is 6.78. The maximum atomic E-state index is 12.8. The summed E-state index contributed by atoms with van der Waals surface area (Å²) in [5.41, 5.74) is 1.62. The molecule has 0 atom stereocenters. The Kier molecular flexibility index (Phi) is 4.44. The summed E-state index contributed by atoms with van der Waals surface area (Å²) in [4.78, 5) is 19.5. The van der Waals surface area contributed by atoms with Crippen LogP contribution < -0.4 is 5.32 Å². The molecule has 3 aromatic rings. The van der Waals surface area contributed by atoms with Crippen molar-refractivity contribution in [2.24, 2.45) is 7.05 Å². The fraction of sp³-hybridized carbons (Fsp3) is 0.381. The van der Waals surface area contributed by atoms with Crippen molar-refractivity contribution in [3.63, 3.8) is 0 Å². The smallest absolute Gasteiger partial charge is 0.245 e. The van der Waals surface area contributed by atoms with Gasteiger partial charge in [0, 0.05) is 30.4 Å². The van der Waals surface area contributed by atoms with E-state index in [0.29, 0.717) is 5.82 Å². The number of nitrogens with zero attached hydrogens (tertiary/aromatic N) is 4. The molecule has 0 unspecified atom stereocenters. The molecule has 4 rings (SSSR count). The number of nitrogens with one attached hydrogen (secondary N) is 1. The molecule has 2 aromatic heterocycles. The molecule has 0 radical (unpaired) electrons. The molecule has 0 spiro atoms. The molecule has 1 fully saturated rings. The van der Waals surface area contributed by atoms with Gasteiger partial charge in [-0.25, -0.2) is 4.98 Å². The lowest BCUT2D eigenvalue weighted by Crippen LogP contribution is -2.51. The number of anilines is 1. The van der Waals surface area contributed by atoms with E-state index in [9.17, 15) is 4.79 Å². The maximum Gasteiger partial charge on any atom is 0.245 e. The Bertz CT molecular complexity index is 985. The molecular weight excluding hydrogens is 338 g/mol. The molecule has 6 heteroatoms. The molecule has 0 saturated carbocycles. The third kappa shape index (κ3) is 3.45. The number of aromatic nitrogens is 3. The summed E-state index contributed by atoms with van der Waals surface area (Å²) in [7, 11) is 1.91. The molecule has 3 heterocycles. The monoisotopic (exact) mass is 363 g/mol. The molecule has 0 aliphatic carbocycles. The first-order chi connectivity index (χ1) is 12.9. The van der Waals surface area contributed by atoms with Crippen molar-refractivity contribution < 1.29 is 4.79 Å². The molecule has 1 aliphatic rings. The van der Waals surface area contributed by atoms with Gasteiger partial charge in [-0.3, -0.25) is 14.4 Å². The Morgan fingerprint density at radius 3 is 2.56 bits per heavy atom. The Hall–Kier alpha value is -2.73. The number of fused-ring (bicyclic) bond motifs is 1. The predicted octanol–water partition coefficient (Wildman–Crippen LogP) is 3.45. The van der Waals surface area contributed by atoms with Crippen molar-refractivity contribution in [2.45, 2.75) is 32.2 Å². The molecule has 1 saturated heterocycles. The lowest BCUT2D eigenvalue weighted by Gasteiger charge is -2.33. The van der Waals surface area contributed by atoms with Crippen molar-refractivity contribution in [2.75, 3.05) is 18.4 Å². The quantitative estimate of drug-likeness (QED) is 0.771. The summed E-state index contributed by atoms with van der Waals surface area (Å²) in [5.74, 6) is 0.572. The molecule has 1 amide bonds. The average Bonchev–Trinajstić information content (AvgIpc) is 3.33. The maximum absolute atomic E-state index is 12.8. The lowest BCUT2D eigenvalue weighted by molar-refractivity contribution is -0.125. The van der Waals surface area contributed by atoms with Gasteiger partial charge < -0.3 is 5.32 Å². The van der Waals surface area contributed by atoms with E-state index in [0.717, 1.165) is 47.8 Å². The Labute approximate surface area is 159 Å². The average molecular weight is 363 g/mol. The summed E-state index contributed by atoms with van der Waals surface area (Å²) in [6, 6.07) is 8.16. The van der Waals surface area contributed by atoms with E-state index in [4.69, 9.17) is 0 Å². The van der Waals surface area contributed by atoms with E-state index in [-0.39, 0.29) is 5.91 Å². The van der Waals surface area contributed by atoms with E-state index < -0.39 is 5.54 Å². The fourth-order valence-electron chi connectivity index (χ4n) is 3.65. The van der Waals surface area contributed by atoms with Crippen molar-refractivity contribution in [3.05, 3.63) is 42.9 Å². The van der Waals surface area contributed by atoms with Gasteiger partial charge in [-0.1, -0.05) is 12.1 Å². The number of pyridine rings is 1. The summed E-state index contributed by atoms with van der Waals surface area (Å²) in [6.45, 7) is 5.91. The molecule has 0 bridgehead atoms. The van der Waals surface area contributed by atoms with Crippen LogP contribution >= 0.6 is 0 Å². The zero-order valence-electron chi connectivity index (χ0n) is 16.1. The van der Waals surface area contributed by atoms with E-state index in [1.54, 1.807) is 10.9 Å². The standard InChI is InChI=1S/C21H25N5O/c1-21(2,26-8-4-5-9-26)20(27)24-19-11-17-10-15(6-7-16(17)12-22-19)18-13-23-25(3)14-18/h6-7,10-14H,4-5,8-9H2,1-3H3,(H,22,24,27). The number of rotatable bonds is 4. The van der Waals surface area contributed by atoms with Crippen molar-refractivity contribution in [1.29, 1.82) is 0 Å². The van der Waals surface area contributed by atoms with E-state index in [1.165, 1.54) is 0 Å². The molecule has 6 nitrogen and oxygen atoms in total. The summed E-state index contributed by atoms with van der Waals surface area (Å²) in [6.07, 6.45) is 7.96. The van der Waals surface area contributed by atoms with Gasteiger partial charge in [-0.15, -0.1) is 0 Å². The minimum absolute atomic E-state index is 0.0142. The highest BCUT2D eigenvalue weighted by molar-refractivity contribution is 5.98. The lowest BCUT2D eigenvalue weighted by atomic mass is 10.0. The van der Waals surface area contributed by atoms with Crippen LogP contribution in [0.5, 0.6) is 0 Å². The number of hydrogen-bond donors (Lipinski definition) is 1. The van der Waals surface area contributed by atoms with Crippen molar-refractivity contribution in [1.82, 2.24) is 19.7 Å². The zero-order valence-corrected chi connectivity index (χ0v) is 16.1. The van der Waals surface area contributed by atoms with Crippen molar-refractivity contribution in [3.8, 4) is 11.1 Å². The number of carbonyl (C=O) groups is 1. The predicted molar refractivity (Wildman–Crippen MR) is 107 cm³/mol. The van der Waals surface area contributed by atoms with Crippen LogP contribution in [0.25, 0.3) is 21.9 Å². The first kappa shape index (κ1) is 17.7. The normalized spacial score (nSPS) is 15.4. The van der Waals surface area contributed by atoms with Gasteiger partial charge in [0.05, 0.1) is 11.7 Å². The van der Waals surface area contributed by atoms with Gasteiger partial charge in [-0.05, 0) is 62.9 Å². The highest BCUT2D eigenvalue weighted by Crippen LogP contribution is 2.26. The van der Waals surface area contributed by atoms with Crippen LogP contribution in [0.3, 0.4) is 0 Å². The third-order valence-corrected chi connectivity index (χ3v) is 5.45. The number of hydrogen-bond acceptors (Lipinski definition) is 4. The second-order valence-electron chi connectivity index (χ2n) is 7.74. The number of aryl methyl sites for hydroxylation is 1. The summed E-state index contributed by atoms with van der Waals surface area (Å²) in [5, 5.41) is 9.33. The number of carbonyl (C=O) groups excluding carboxylic acids is 1. The van der Waals surface area contributed by atoms with Crippen LogP contribution in [-0.4, -0.2) is 44.2 Å². The Morgan fingerprint density at radius 1 is 1.07 bits per heavy atom. The molecule has 27 heavy (non-hydrogen) atoms. The van der Waals surface area contributed by atoms with Gasteiger partial charge in [0.25, 0.3) is 0 Å². The second-order valence-corrected chi connectivity index (χ2v) is 7.74. The van der Waals surface area contributed by atoms with Crippen LogP contribution in [-0.2, 0) is 11.8 Å². The molecule has 1 aromatic carbocycles. The topological polar surface area (TPSA) is 63.1 Å².